The zero-order chi connectivity index (χ0) is 14.6. The lowest BCUT2D eigenvalue weighted by Gasteiger charge is -2.33. The minimum absolute atomic E-state index is 0.0243. The highest BCUT2D eigenvalue weighted by atomic mass is 16.5. The maximum atomic E-state index is 11.7. The third-order valence-corrected chi connectivity index (χ3v) is 3.95. The van der Waals surface area contributed by atoms with Crippen LogP contribution in [0, 0.1) is 5.21 Å². The summed E-state index contributed by atoms with van der Waals surface area (Å²) in [4.78, 5) is 0. The van der Waals surface area contributed by atoms with Crippen LogP contribution in [-0.2, 0) is 0 Å². The van der Waals surface area contributed by atoms with Gasteiger partial charge in [-0.25, -0.2) is 0 Å². The van der Waals surface area contributed by atoms with Gasteiger partial charge in [0.25, 0.3) is 0 Å². The Morgan fingerprint density at radius 1 is 0.900 bits per heavy atom. The van der Waals surface area contributed by atoms with Gasteiger partial charge in [-0.15, -0.1) is 0 Å². The lowest BCUT2D eigenvalue weighted by atomic mass is 9.99. The molecule has 2 heteroatoms. The zero-order valence-corrected chi connectivity index (χ0v) is 13.2. The molecule has 0 aliphatic rings. The van der Waals surface area contributed by atoms with E-state index < -0.39 is 0 Å². The first-order valence-electron chi connectivity index (χ1n) is 8.20. The summed E-state index contributed by atoms with van der Waals surface area (Å²) < 4.78 is 0. The second kappa shape index (κ2) is 10.9. The lowest BCUT2D eigenvalue weighted by Crippen LogP contribution is -2.18. The lowest BCUT2D eigenvalue weighted by molar-refractivity contribution is 0.310. The molecule has 0 radical (unpaired) electrons. The summed E-state index contributed by atoms with van der Waals surface area (Å²) in [5, 5.41) is 12.8. The van der Waals surface area contributed by atoms with Crippen molar-refractivity contribution in [2.75, 3.05) is 7.05 Å². The van der Waals surface area contributed by atoms with Crippen LogP contribution in [0.3, 0.4) is 0 Å². The molecule has 20 heavy (non-hydrogen) atoms. The Morgan fingerprint density at radius 3 is 2.00 bits per heavy atom. The second-order valence-corrected chi connectivity index (χ2v) is 5.74. The van der Waals surface area contributed by atoms with Crippen LogP contribution >= 0.6 is 0 Å². The van der Waals surface area contributed by atoms with Gasteiger partial charge >= 0.3 is 0 Å². The Kier molecular flexibility index (Phi) is 9.35. The third kappa shape index (κ3) is 7.06. The van der Waals surface area contributed by atoms with Gasteiger partial charge in [-0.1, -0.05) is 88.6 Å². The van der Waals surface area contributed by atoms with Crippen molar-refractivity contribution in [1.82, 2.24) is 5.06 Å². The smallest absolute Gasteiger partial charge is 0.0229 e. The van der Waals surface area contributed by atoms with Gasteiger partial charge < -0.3 is 10.3 Å². The van der Waals surface area contributed by atoms with Gasteiger partial charge in [-0.2, -0.15) is 0 Å². The molecule has 0 N–H and O–H groups in total. The minimum atomic E-state index is 0.0243. The number of hydrogen-bond acceptors (Lipinski definition) is 2. The summed E-state index contributed by atoms with van der Waals surface area (Å²) in [7, 11) is 1.64. The van der Waals surface area contributed by atoms with Crippen molar-refractivity contribution in [2.24, 2.45) is 0 Å². The Labute approximate surface area is 124 Å². The van der Waals surface area contributed by atoms with Gasteiger partial charge in [0.2, 0.25) is 0 Å². The first kappa shape index (κ1) is 17.2. The molecule has 1 unspecified atom stereocenters. The monoisotopic (exact) mass is 276 g/mol. The quantitative estimate of drug-likeness (QED) is 0.383. The standard InChI is InChI=1S/C18H30NO/c1-3-4-5-6-7-8-9-13-16-18(19(2)20)17-14-11-10-12-15-17/h10-12,14-15,18H,3-9,13,16H2,1-2H3/q-1. The largest absolute Gasteiger partial charge is 0.785 e. The first-order valence-corrected chi connectivity index (χ1v) is 8.20. The molecule has 1 aromatic carbocycles. The van der Waals surface area contributed by atoms with E-state index in [0.717, 1.165) is 23.5 Å². The predicted molar refractivity (Wildman–Crippen MR) is 87.5 cm³/mol. The van der Waals surface area contributed by atoms with Crippen LogP contribution in [0.2, 0.25) is 0 Å². The SMILES string of the molecule is CCCCCCCCCCC(c1ccccc1)N(C)[O-]. The second-order valence-electron chi connectivity index (χ2n) is 5.74. The summed E-state index contributed by atoms with van der Waals surface area (Å²) in [5.74, 6) is 0. The number of hydroxylamine groups is 2. The van der Waals surface area contributed by atoms with Gasteiger partial charge in [0.15, 0.2) is 0 Å². The van der Waals surface area contributed by atoms with Crippen LogP contribution in [0.1, 0.15) is 76.3 Å². The molecule has 0 aromatic heterocycles. The highest BCUT2D eigenvalue weighted by Crippen LogP contribution is 2.25. The zero-order valence-electron chi connectivity index (χ0n) is 13.2. The molecule has 1 aromatic rings. The van der Waals surface area contributed by atoms with Crippen molar-refractivity contribution in [3.8, 4) is 0 Å². The molecule has 0 spiro atoms. The van der Waals surface area contributed by atoms with E-state index in [4.69, 9.17) is 0 Å². The number of benzene rings is 1. The Bertz CT molecular complexity index is 323. The third-order valence-electron chi connectivity index (χ3n) is 3.95. The highest BCUT2D eigenvalue weighted by molar-refractivity contribution is 5.18. The van der Waals surface area contributed by atoms with Crippen molar-refractivity contribution >= 4 is 0 Å². The predicted octanol–water partition coefficient (Wildman–Crippen LogP) is 5.69. The number of hydrogen-bond donors (Lipinski definition) is 0. The molecule has 0 heterocycles. The van der Waals surface area contributed by atoms with Crippen LogP contribution < -0.4 is 0 Å². The average molecular weight is 276 g/mol. The molecule has 0 fully saturated rings. The molecule has 0 bridgehead atoms. The maximum Gasteiger partial charge on any atom is 0.0229 e. The van der Waals surface area contributed by atoms with Crippen LogP contribution in [0.15, 0.2) is 30.3 Å². The van der Waals surface area contributed by atoms with Gasteiger partial charge in [-0.3, -0.25) is 0 Å². The van der Waals surface area contributed by atoms with E-state index in [1.165, 1.54) is 44.9 Å². The van der Waals surface area contributed by atoms with Crippen molar-refractivity contribution in [2.45, 2.75) is 70.8 Å². The van der Waals surface area contributed by atoms with Crippen LogP contribution in [0.25, 0.3) is 0 Å². The molecule has 2 nitrogen and oxygen atoms in total. The van der Waals surface area contributed by atoms with Crippen molar-refractivity contribution in [3.63, 3.8) is 0 Å². The fourth-order valence-corrected chi connectivity index (χ4v) is 2.71. The Balaban J connectivity index is 2.18. The molecule has 0 aliphatic heterocycles. The van der Waals surface area contributed by atoms with E-state index in [2.05, 4.69) is 19.1 Å². The van der Waals surface area contributed by atoms with Crippen LogP contribution in [0.5, 0.6) is 0 Å². The molecule has 0 amide bonds. The van der Waals surface area contributed by atoms with Crippen molar-refractivity contribution in [1.29, 1.82) is 0 Å². The van der Waals surface area contributed by atoms with E-state index >= 15 is 0 Å². The molecule has 1 atom stereocenters. The topological polar surface area (TPSA) is 26.3 Å². The molecule has 0 aliphatic carbocycles. The van der Waals surface area contributed by atoms with Gasteiger partial charge in [0.1, 0.15) is 0 Å². The number of unbranched alkanes of at least 4 members (excludes halogenated alkanes) is 7. The summed E-state index contributed by atoms with van der Waals surface area (Å²) in [6.45, 7) is 2.25. The van der Waals surface area contributed by atoms with E-state index in [9.17, 15) is 5.21 Å². The Hall–Kier alpha value is -0.860. The fraction of sp³-hybridized carbons (Fsp3) is 0.667. The van der Waals surface area contributed by atoms with E-state index in [-0.39, 0.29) is 6.04 Å². The summed E-state index contributed by atoms with van der Waals surface area (Å²) >= 11 is 0. The normalized spacial score (nSPS) is 12.8. The van der Waals surface area contributed by atoms with Gasteiger partial charge in [0.05, 0.1) is 0 Å². The number of nitrogens with zero attached hydrogens (tertiary/aromatic N) is 1. The van der Waals surface area contributed by atoms with E-state index in [1.807, 2.05) is 18.2 Å². The minimum Gasteiger partial charge on any atom is -0.785 e. The van der Waals surface area contributed by atoms with Crippen molar-refractivity contribution in [3.05, 3.63) is 41.1 Å². The van der Waals surface area contributed by atoms with E-state index in [1.54, 1.807) is 7.05 Å². The molecule has 114 valence electrons. The molecule has 1 rings (SSSR count). The average Bonchev–Trinajstić information content (AvgIpc) is 2.46. The van der Waals surface area contributed by atoms with E-state index in [0.29, 0.717) is 0 Å². The van der Waals surface area contributed by atoms with Crippen molar-refractivity contribution < 1.29 is 0 Å². The van der Waals surface area contributed by atoms with Crippen LogP contribution in [-0.4, -0.2) is 12.1 Å². The summed E-state index contributed by atoms with van der Waals surface area (Å²) in [6, 6.07) is 10.2. The maximum absolute atomic E-state index is 11.7. The fourth-order valence-electron chi connectivity index (χ4n) is 2.71. The molecular formula is C18H30NO-. The molecule has 0 saturated heterocycles. The Morgan fingerprint density at radius 2 is 1.45 bits per heavy atom. The summed E-state index contributed by atoms with van der Waals surface area (Å²) in [5.41, 5.74) is 1.15. The first-order chi connectivity index (χ1) is 9.75. The highest BCUT2D eigenvalue weighted by Gasteiger charge is 2.09. The van der Waals surface area contributed by atoms with Crippen LogP contribution in [0.4, 0.5) is 0 Å². The summed E-state index contributed by atoms with van der Waals surface area (Å²) in [6.07, 6.45) is 11.5. The molecule has 0 saturated carbocycles. The molecular weight excluding hydrogens is 246 g/mol. The number of rotatable bonds is 11. The van der Waals surface area contributed by atoms with Gasteiger partial charge in [-0.05, 0) is 19.0 Å². The van der Waals surface area contributed by atoms with Gasteiger partial charge in [0, 0.05) is 6.04 Å².